The molecule has 4 rings (SSSR count). The van der Waals surface area contributed by atoms with Crippen LogP contribution in [0.15, 0.2) is 36.5 Å². The van der Waals surface area contributed by atoms with E-state index in [4.69, 9.17) is 0 Å². The smallest absolute Gasteiger partial charge is 0.252 e. The van der Waals surface area contributed by atoms with E-state index in [1.807, 2.05) is 56.3 Å². The minimum atomic E-state index is -0.0445. The van der Waals surface area contributed by atoms with Gasteiger partial charge in [-0.05, 0) is 25.5 Å². The highest BCUT2D eigenvalue weighted by Gasteiger charge is 2.23. The maximum atomic E-state index is 13.0. The summed E-state index contributed by atoms with van der Waals surface area (Å²) in [6.07, 6.45) is 3.85. The van der Waals surface area contributed by atoms with Crippen LogP contribution in [-0.4, -0.2) is 40.6 Å². The Hall–Kier alpha value is -2.89. The Bertz CT molecular complexity index is 975. The number of nitrogens with one attached hydrogen (secondary N) is 1. The van der Waals surface area contributed by atoms with E-state index >= 15 is 0 Å². The van der Waals surface area contributed by atoms with Gasteiger partial charge in [0.05, 0.1) is 16.8 Å². The van der Waals surface area contributed by atoms with E-state index in [2.05, 4.69) is 26.0 Å². The number of hydrogen-bond acceptors (Lipinski definition) is 4. The number of anilines is 1. The van der Waals surface area contributed by atoms with E-state index in [9.17, 15) is 4.79 Å². The molecule has 134 valence electrons. The van der Waals surface area contributed by atoms with Crippen LogP contribution in [0.1, 0.15) is 28.3 Å². The third kappa shape index (κ3) is 3.03. The van der Waals surface area contributed by atoms with Crippen molar-refractivity contribution >= 4 is 22.6 Å². The molecule has 6 nitrogen and oxygen atoms in total. The Labute approximate surface area is 152 Å². The fourth-order valence-corrected chi connectivity index (χ4v) is 3.55. The molecule has 0 spiro atoms. The molecule has 3 aromatic rings. The molecule has 1 atom stereocenters. The first-order valence-electron chi connectivity index (χ1n) is 8.92. The Kier molecular flexibility index (Phi) is 4.11. The molecule has 1 amide bonds. The third-order valence-corrected chi connectivity index (χ3v) is 4.85. The summed E-state index contributed by atoms with van der Waals surface area (Å²) in [5.41, 5.74) is 2.54. The van der Waals surface area contributed by atoms with Gasteiger partial charge in [0.2, 0.25) is 0 Å². The predicted octanol–water partition coefficient (Wildman–Crippen LogP) is 2.55. The number of rotatable bonds is 3. The van der Waals surface area contributed by atoms with E-state index in [1.54, 1.807) is 0 Å². The Morgan fingerprint density at radius 2 is 2.08 bits per heavy atom. The van der Waals surface area contributed by atoms with Crippen LogP contribution in [0.3, 0.4) is 0 Å². The highest BCUT2D eigenvalue weighted by molar-refractivity contribution is 6.07. The molecule has 1 aromatic carbocycles. The van der Waals surface area contributed by atoms with Gasteiger partial charge in [-0.15, -0.1) is 0 Å². The summed E-state index contributed by atoms with van der Waals surface area (Å²) in [5, 5.41) is 4.09. The maximum absolute atomic E-state index is 13.0. The average Bonchev–Trinajstić information content (AvgIpc) is 2.99. The van der Waals surface area contributed by atoms with Gasteiger partial charge in [0.15, 0.2) is 0 Å². The number of nitrogens with zero attached hydrogens (tertiary/aromatic N) is 4. The summed E-state index contributed by atoms with van der Waals surface area (Å²) in [6.45, 7) is 2.77. The molecule has 1 unspecified atom stereocenters. The summed E-state index contributed by atoms with van der Waals surface area (Å²) in [6, 6.07) is 9.76. The van der Waals surface area contributed by atoms with Crippen LogP contribution in [0.5, 0.6) is 0 Å². The van der Waals surface area contributed by atoms with Crippen LogP contribution in [0, 0.1) is 6.92 Å². The lowest BCUT2D eigenvalue weighted by Gasteiger charge is -2.25. The molecule has 0 saturated carbocycles. The van der Waals surface area contributed by atoms with Crippen molar-refractivity contribution in [3.63, 3.8) is 0 Å². The third-order valence-electron chi connectivity index (χ3n) is 4.85. The molecule has 1 aliphatic rings. The zero-order valence-corrected chi connectivity index (χ0v) is 15.4. The molecule has 6 heteroatoms. The van der Waals surface area contributed by atoms with Crippen molar-refractivity contribution in [1.29, 1.82) is 0 Å². The van der Waals surface area contributed by atoms with E-state index in [0.29, 0.717) is 5.56 Å². The standard InChI is InChI=1S/C20H23N5O/c1-13-11-25-12-14(8-9-18(25)21-13)22-20(26)16-10-19(24(2)3)23-17-7-5-4-6-15(16)17/h4-7,10-11,14H,8-9,12H2,1-3H3,(H,22,26). The van der Waals surface area contributed by atoms with E-state index in [0.717, 1.165) is 47.6 Å². The zero-order valence-electron chi connectivity index (χ0n) is 15.4. The summed E-state index contributed by atoms with van der Waals surface area (Å²) in [5.74, 6) is 1.85. The molecule has 0 saturated heterocycles. The minimum Gasteiger partial charge on any atom is -0.363 e. The Morgan fingerprint density at radius 3 is 2.88 bits per heavy atom. The maximum Gasteiger partial charge on any atom is 0.252 e. The number of imidazole rings is 1. The quantitative estimate of drug-likeness (QED) is 0.789. The number of hydrogen-bond donors (Lipinski definition) is 1. The topological polar surface area (TPSA) is 63.1 Å². The first-order valence-corrected chi connectivity index (χ1v) is 8.92. The molecule has 0 fully saturated rings. The van der Waals surface area contributed by atoms with Crippen LogP contribution < -0.4 is 10.2 Å². The second kappa shape index (κ2) is 6.44. The van der Waals surface area contributed by atoms with Gasteiger partial charge < -0.3 is 14.8 Å². The van der Waals surface area contributed by atoms with Crippen LogP contribution in [0.4, 0.5) is 5.82 Å². The summed E-state index contributed by atoms with van der Waals surface area (Å²) < 4.78 is 2.15. The number of aromatic nitrogens is 3. The monoisotopic (exact) mass is 349 g/mol. The molecule has 3 heterocycles. The molecular weight excluding hydrogens is 326 g/mol. The number of pyridine rings is 1. The summed E-state index contributed by atoms with van der Waals surface area (Å²) in [7, 11) is 3.87. The number of amides is 1. The normalized spacial score (nSPS) is 16.3. The molecule has 2 aromatic heterocycles. The van der Waals surface area contributed by atoms with Gasteiger partial charge in [0.25, 0.3) is 5.91 Å². The molecule has 0 radical (unpaired) electrons. The van der Waals surface area contributed by atoms with Crippen molar-refractivity contribution in [3.8, 4) is 0 Å². The van der Waals surface area contributed by atoms with Gasteiger partial charge in [-0.3, -0.25) is 4.79 Å². The minimum absolute atomic E-state index is 0.0445. The SMILES string of the molecule is Cc1cn2c(n1)CCC(NC(=O)c1cc(N(C)C)nc3ccccc13)C2. The fraction of sp³-hybridized carbons (Fsp3) is 0.350. The van der Waals surface area contributed by atoms with Crippen molar-refractivity contribution in [3.05, 3.63) is 53.6 Å². The largest absolute Gasteiger partial charge is 0.363 e. The highest BCUT2D eigenvalue weighted by Crippen LogP contribution is 2.23. The van der Waals surface area contributed by atoms with Crippen molar-refractivity contribution in [2.45, 2.75) is 32.4 Å². The van der Waals surface area contributed by atoms with Gasteiger partial charge in [-0.25, -0.2) is 9.97 Å². The number of carbonyl (C=O) groups is 1. The van der Waals surface area contributed by atoms with Gasteiger partial charge in [-0.2, -0.15) is 0 Å². The molecule has 26 heavy (non-hydrogen) atoms. The van der Waals surface area contributed by atoms with Crippen molar-refractivity contribution in [2.75, 3.05) is 19.0 Å². The van der Waals surface area contributed by atoms with Gasteiger partial charge >= 0.3 is 0 Å². The van der Waals surface area contributed by atoms with E-state index in [1.165, 1.54) is 0 Å². The second-order valence-electron chi connectivity index (χ2n) is 7.10. The number of aryl methyl sites for hydroxylation is 2. The van der Waals surface area contributed by atoms with Crippen LogP contribution in [-0.2, 0) is 13.0 Å². The fourth-order valence-electron chi connectivity index (χ4n) is 3.55. The molecule has 0 bridgehead atoms. The number of fused-ring (bicyclic) bond motifs is 2. The number of carbonyl (C=O) groups excluding carboxylic acids is 1. The lowest BCUT2D eigenvalue weighted by Crippen LogP contribution is -2.41. The van der Waals surface area contributed by atoms with Gasteiger partial charge in [-0.1, -0.05) is 18.2 Å². The van der Waals surface area contributed by atoms with Crippen LogP contribution in [0.2, 0.25) is 0 Å². The van der Waals surface area contributed by atoms with E-state index in [-0.39, 0.29) is 11.9 Å². The van der Waals surface area contributed by atoms with Crippen molar-refractivity contribution in [2.24, 2.45) is 0 Å². The lowest BCUT2D eigenvalue weighted by atomic mass is 10.0. The van der Waals surface area contributed by atoms with E-state index < -0.39 is 0 Å². The molecule has 1 aliphatic heterocycles. The van der Waals surface area contributed by atoms with Gasteiger partial charge in [0, 0.05) is 44.7 Å². The Balaban J connectivity index is 1.62. The van der Waals surface area contributed by atoms with Gasteiger partial charge in [0.1, 0.15) is 11.6 Å². The average molecular weight is 349 g/mol. The van der Waals surface area contributed by atoms with Crippen molar-refractivity contribution < 1.29 is 4.79 Å². The molecular formula is C20H23N5O. The Morgan fingerprint density at radius 1 is 1.27 bits per heavy atom. The number of para-hydroxylation sites is 1. The first-order chi connectivity index (χ1) is 12.5. The van der Waals surface area contributed by atoms with Crippen LogP contribution in [0.25, 0.3) is 10.9 Å². The zero-order chi connectivity index (χ0) is 18.3. The predicted molar refractivity (Wildman–Crippen MR) is 103 cm³/mol. The second-order valence-corrected chi connectivity index (χ2v) is 7.10. The first kappa shape index (κ1) is 16.6. The summed E-state index contributed by atoms with van der Waals surface area (Å²) in [4.78, 5) is 24.1. The van der Waals surface area contributed by atoms with Crippen LogP contribution >= 0.6 is 0 Å². The number of benzene rings is 1. The summed E-state index contributed by atoms with van der Waals surface area (Å²) >= 11 is 0. The lowest BCUT2D eigenvalue weighted by molar-refractivity contribution is 0.0929. The van der Waals surface area contributed by atoms with Crippen molar-refractivity contribution in [1.82, 2.24) is 19.9 Å². The molecule has 1 N–H and O–H groups in total. The highest BCUT2D eigenvalue weighted by atomic mass is 16.1. The molecule has 0 aliphatic carbocycles.